The first kappa shape index (κ1) is 16.7. The smallest absolute Gasteiger partial charge is 0.492 e. The number of aldehydes is 1. The van der Waals surface area contributed by atoms with Gasteiger partial charge in [0, 0.05) is 0 Å². The quantitative estimate of drug-likeness (QED) is 0.659. The molecule has 0 spiro atoms. The normalized spacial score (nSPS) is 20.2. The summed E-state index contributed by atoms with van der Waals surface area (Å²) < 4.78 is 11.8. The van der Waals surface area contributed by atoms with Gasteiger partial charge in [-0.3, -0.25) is 4.79 Å². The second kappa shape index (κ2) is 5.87. The zero-order valence-corrected chi connectivity index (χ0v) is 13.3. The van der Waals surface area contributed by atoms with Gasteiger partial charge in [0.1, 0.15) is 5.75 Å². The number of carbonyl (C=O) groups is 1. The summed E-state index contributed by atoms with van der Waals surface area (Å²) in [6, 6.07) is 4.67. The predicted molar refractivity (Wildman–Crippen MR) is 84.6 cm³/mol. The van der Waals surface area contributed by atoms with Crippen LogP contribution in [0.5, 0.6) is 5.75 Å². The fourth-order valence-corrected chi connectivity index (χ4v) is 2.15. The summed E-state index contributed by atoms with van der Waals surface area (Å²) in [6.07, 6.45) is 2.28. The standard InChI is InChI=1S/C16H21BO5/c1-15(2)16(3,4)22-17(21-15)13(10-19)7-11-5-6-12(9-18)14(20)8-11/h5-9,19-20H,10H2,1-4H3. The van der Waals surface area contributed by atoms with Crippen molar-refractivity contribution in [3.8, 4) is 5.75 Å². The molecule has 0 radical (unpaired) electrons. The lowest BCUT2D eigenvalue weighted by molar-refractivity contribution is 0.00578. The molecule has 5 nitrogen and oxygen atoms in total. The Morgan fingerprint density at radius 2 is 1.82 bits per heavy atom. The molecule has 1 aromatic rings. The van der Waals surface area contributed by atoms with Gasteiger partial charge < -0.3 is 19.5 Å². The highest BCUT2D eigenvalue weighted by atomic mass is 16.7. The lowest BCUT2D eigenvalue weighted by Crippen LogP contribution is -2.41. The number of carbonyl (C=O) groups excluding carboxylic acids is 1. The van der Waals surface area contributed by atoms with E-state index in [1.54, 1.807) is 12.1 Å². The summed E-state index contributed by atoms with van der Waals surface area (Å²) >= 11 is 0. The van der Waals surface area contributed by atoms with Gasteiger partial charge in [0.25, 0.3) is 0 Å². The van der Waals surface area contributed by atoms with Crippen molar-refractivity contribution >= 4 is 19.5 Å². The molecule has 118 valence electrons. The molecular formula is C16H21BO5. The third-order valence-electron chi connectivity index (χ3n) is 4.27. The van der Waals surface area contributed by atoms with Crippen molar-refractivity contribution in [2.45, 2.75) is 38.9 Å². The molecule has 1 aliphatic rings. The molecule has 1 aromatic carbocycles. The summed E-state index contributed by atoms with van der Waals surface area (Å²) in [5.41, 5.74) is 0.447. The zero-order chi connectivity index (χ0) is 16.5. The number of hydrogen-bond acceptors (Lipinski definition) is 5. The molecule has 0 bridgehead atoms. The Bertz CT molecular complexity index is 591. The average Bonchev–Trinajstić information content (AvgIpc) is 2.65. The van der Waals surface area contributed by atoms with Crippen molar-refractivity contribution in [1.82, 2.24) is 0 Å². The highest BCUT2D eigenvalue weighted by molar-refractivity contribution is 6.55. The van der Waals surface area contributed by atoms with E-state index in [1.165, 1.54) is 12.1 Å². The fourth-order valence-electron chi connectivity index (χ4n) is 2.15. The van der Waals surface area contributed by atoms with Crippen molar-refractivity contribution in [2.75, 3.05) is 6.61 Å². The van der Waals surface area contributed by atoms with Crippen molar-refractivity contribution < 1.29 is 24.3 Å². The van der Waals surface area contributed by atoms with E-state index in [0.29, 0.717) is 17.3 Å². The topological polar surface area (TPSA) is 76.0 Å². The Hall–Kier alpha value is -1.63. The molecule has 0 saturated carbocycles. The van der Waals surface area contributed by atoms with E-state index >= 15 is 0 Å². The predicted octanol–water partition coefficient (Wildman–Crippen LogP) is 2.21. The van der Waals surface area contributed by atoms with Gasteiger partial charge >= 0.3 is 7.12 Å². The van der Waals surface area contributed by atoms with E-state index in [9.17, 15) is 15.0 Å². The number of aliphatic hydroxyl groups is 1. The number of benzene rings is 1. The third kappa shape index (κ3) is 3.09. The van der Waals surface area contributed by atoms with Crippen LogP contribution in [-0.2, 0) is 9.31 Å². The van der Waals surface area contributed by atoms with Gasteiger partial charge in [-0.25, -0.2) is 0 Å². The van der Waals surface area contributed by atoms with E-state index in [-0.39, 0.29) is 17.9 Å². The minimum atomic E-state index is -0.650. The second-order valence-corrected chi connectivity index (χ2v) is 6.40. The molecule has 1 saturated heterocycles. The average molecular weight is 304 g/mol. The van der Waals surface area contributed by atoms with Gasteiger partial charge in [0.15, 0.2) is 6.29 Å². The van der Waals surface area contributed by atoms with Gasteiger partial charge in [-0.05, 0) is 50.9 Å². The first-order valence-electron chi connectivity index (χ1n) is 7.15. The number of phenols is 1. The van der Waals surface area contributed by atoms with E-state index < -0.39 is 18.3 Å². The molecule has 1 heterocycles. The highest BCUT2D eigenvalue weighted by Gasteiger charge is 2.52. The van der Waals surface area contributed by atoms with Crippen LogP contribution in [0, 0.1) is 0 Å². The molecule has 0 amide bonds. The Kier molecular flexibility index (Phi) is 4.47. The molecule has 1 fully saturated rings. The largest absolute Gasteiger partial charge is 0.507 e. The number of phenolic OH excluding ortho intramolecular Hbond substituents is 1. The zero-order valence-electron chi connectivity index (χ0n) is 13.3. The molecule has 0 atom stereocenters. The SMILES string of the molecule is CC1(C)OB(C(=Cc2ccc(C=O)c(O)c2)CO)OC1(C)C. The first-order chi connectivity index (χ1) is 10.2. The minimum absolute atomic E-state index is 0.102. The summed E-state index contributed by atoms with van der Waals surface area (Å²) in [7, 11) is -0.650. The summed E-state index contributed by atoms with van der Waals surface area (Å²) in [5, 5.41) is 19.3. The molecule has 0 aromatic heterocycles. The Labute approximate surface area is 130 Å². The van der Waals surface area contributed by atoms with Crippen LogP contribution >= 0.6 is 0 Å². The maximum absolute atomic E-state index is 10.7. The van der Waals surface area contributed by atoms with E-state index in [0.717, 1.165) is 0 Å². The monoisotopic (exact) mass is 304 g/mol. The van der Waals surface area contributed by atoms with Gasteiger partial charge in [0.2, 0.25) is 0 Å². The van der Waals surface area contributed by atoms with Crippen molar-refractivity contribution in [1.29, 1.82) is 0 Å². The maximum Gasteiger partial charge on any atom is 0.492 e. The van der Waals surface area contributed by atoms with Crippen LogP contribution in [0.15, 0.2) is 23.7 Å². The third-order valence-corrected chi connectivity index (χ3v) is 4.27. The van der Waals surface area contributed by atoms with Gasteiger partial charge in [0.05, 0.1) is 23.4 Å². The maximum atomic E-state index is 10.7. The molecule has 2 N–H and O–H groups in total. The summed E-state index contributed by atoms with van der Waals surface area (Å²) in [6.45, 7) is 7.52. The lowest BCUT2D eigenvalue weighted by atomic mass is 9.77. The summed E-state index contributed by atoms with van der Waals surface area (Å²) in [5.74, 6) is -0.102. The van der Waals surface area contributed by atoms with Crippen LogP contribution in [0.1, 0.15) is 43.6 Å². The molecule has 22 heavy (non-hydrogen) atoms. The number of hydrogen-bond donors (Lipinski definition) is 2. The van der Waals surface area contributed by atoms with Gasteiger partial charge in [-0.2, -0.15) is 0 Å². The van der Waals surface area contributed by atoms with Crippen molar-refractivity contribution in [2.24, 2.45) is 0 Å². The van der Waals surface area contributed by atoms with Crippen molar-refractivity contribution in [3.63, 3.8) is 0 Å². The molecule has 6 heteroatoms. The van der Waals surface area contributed by atoms with E-state index in [1.807, 2.05) is 27.7 Å². The number of rotatable bonds is 4. The van der Waals surface area contributed by atoms with Crippen LogP contribution in [0.4, 0.5) is 0 Å². The Morgan fingerprint density at radius 3 is 2.27 bits per heavy atom. The number of aromatic hydroxyl groups is 1. The summed E-state index contributed by atoms with van der Waals surface area (Å²) in [4.78, 5) is 10.7. The van der Waals surface area contributed by atoms with Crippen LogP contribution in [-0.4, -0.2) is 41.4 Å². The highest BCUT2D eigenvalue weighted by Crippen LogP contribution is 2.38. The first-order valence-corrected chi connectivity index (χ1v) is 7.15. The molecule has 2 rings (SSSR count). The molecule has 1 aliphatic heterocycles. The van der Waals surface area contributed by atoms with Crippen LogP contribution in [0.25, 0.3) is 6.08 Å². The van der Waals surface area contributed by atoms with Gasteiger partial charge in [-0.1, -0.05) is 12.1 Å². The fraction of sp³-hybridized carbons (Fsp3) is 0.438. The van der Waals surface area contributed by atoms with Gasteiger partial charge in [-0.15, -0.1) is 0 Å². The minimum Gasteiger partial charge on any atom is -0.507 e. The lowest BCUT2D eigenvalue weighted by Gasteiger charge is -2.32. The van der Waals surface area contributed by atoms with Crippen molar-refractivity contribution in [3.05, 3.63) is 34.8 Å². The molecule has 0 aliphatic carbocycles. The Balaban J connectivity index is 2.29. The van der Waals surface area contributed by atoms with Crippen LogP contribution in [0.2, 0.25) is 0 Å². The number of aliphatic hydroxyl groups excluding tert-OH is 1. The Morgan fingerprint density at radius 1 is 1.23 bits per heavy atom. The van der Waals surface area contributed by atoms with E-state index in [2.05, 4.69) is 0 Å². The van der Waals surface area contributed by atoms with Crippen LogP contribution in [0.3, 0.4) is 0 Å². The molecule has 0 unspecified atom stereocenters. The molecular weight excluding hydrogens is 283 g/mol. The second-order valence-electron chi connectivity index (χ2n) is 6.40. The van der Waals surface area contributed by atoms with E-state index in [4.69, 9.17) is 9.31 Å². The van der Waals surface area contributed by atoms with Crippen LogP contribution < -0.4 is 0 Å².